The first-order valence-corrected chi connectivity index (χ1v) is 8.31. The molecule has 0 fully saturated rings. The lowest BCUT2D eigenvalue weighted by Crippen LogP contribution is -2.33. The molecule has 0 aliphatic heterocycles. The Balaban J connectivity index is 3.30. The van der Waals surface area contributed by atoms with Crippen LogP contribution in [0.25, 0.3) is 0 Å². The molecule has 1 rings (SSSR count). The highest BCUT2D eigenvalue weighted by Gasteiger charge is 2.28. The number of rotatable bonds is 4. The van der Waals surface area contributed by atoms with Crippen molar-refractivity contribution in [2.75, 3.05) is 13.3 Å². The summed E-state index contributed by atoms with van der Waals surface area (Å²) in [5.41, 5.74) is 0.239. The predicted octanol–water partition coefficient (Wildman–Crippen LogP) is 2.94. The number of benzene rings is 1. The van der Waals surface area contributed by atoms with E-state index in [1.807, 2.05) is 0 Å². The largest absolute Gasteiger partial charge is 0.312 e. The summed E-state index contributed by atoms with van der Waals surface area (Å²) in [5, 5.41) is 2.40. The average Bonchev–Trinajstić information content (AvgIpc) is 2.24. The van der Waals surface area contributed by atoms with Crippen LogP contribution in [0.4, 0.5) is 4.39 Å². The molecule has 0 heterocycles. The fourth-order valence-corrected chi connectivity index (χ4v) is 2.93. The van der Waals surface area contributed by atoms with Crippen molar-refractivity contribution < 1.29 is 12.8 Å². The molecule has 0 bridgehead atoms. The standard InChI is InChI=1S/C11H14BrClFNO2S/c1-6(18(3,16)17)11(15-2)7-4-9(13)8(12)5-10(7)14/h4-6,11,15H,1-3H3. The molecule has 7 heteroatoms. The Morgan fingerprint density at radius 3 is 2.44 bits per heavy atom. The number of sulfone groups is 1. The van der Waals surface area contributed by atoms with Crippen LogP contribution in [0.3, 0.4) is 0 Å². The maximum atomic E-state index is 13.9. The molecule has 18 heavy (non-hydrogen) atoms. The van der Waals surface area contributed by atoms with Gasteiger partial charge in [-0.15, -0.1) is 0 Å². The van der Waals surface area contributed by atoms with Crippen molar-refractivity contribution in [3.05, 3.63) is 33.0 Å². The van der Waals surface area contributed by atoms with E-state index in [9.17, 15) is 12.8 Å². The van der Waals surface area contributed by atoms with Crippen molar-refractivity contribution in [3.63, 3.8) is 0 Å². The van der Waals surface area contributed by atoms with Crippen LogP contribution in [0, 0.1) is 5.82 Å². The molecule has 0 aromatic heterocycles. The van der Waals surface area contributed by atoms with Gasteiger partial charge in [-0.25, -0.2) is 12.8 Å². The van der Waals surface area contributed by atoms with Gasteiger partial charge in [0.25, 0.3) is 0 Å². The van der Waals surface area contributed by atoms with Gasteiger partial charge in [0, 0.05) is 16.3 Å². The Bertz CT molecular complexity index is 550. The normalized spacial score (nSPS) is 15.4. The molecule has 3 nitrogen and oxygen atoms in total. The fraction of sp³-hybridized carbons (Fsp3) is 0.455. The summed E-state index contributed by atoms with van der Waals surface area (Å²) in [6, 6.07) is 2.02. The Morgan fingerprint density at radius 1 is 1.44 bits per heavy atom. The monoisotopic (exact) mass is 357 g/mol. The van der Waals surface area contributed by atoms with Crippen molar-refractivity contribution in [2.45, 2.75) is 18.2 Å². The fourth-order valence-electron chi connectivity index (χ4n) is 1.67. The van der Waals surface area contributed by atoms with Crippen LogP contribution in [-0.2, 0) is 9.84 Å². The molecule has 0 aliphatic carbocycles. The predicted molar refractivity (Wildman–Crippen MR) is 75.2 cm³/mol. The molecule has 0 saturated heterocycles. The highest BCUT2D eigenvalue weighted by molar-refractivity contribution is 9.10. The summed E-state index contributed by atoms with van der Waals surface area (Å²) in [6.45, 7) is 1.53. The van der Waals surface area contributed by atoms with Crippen molar-refractivity contribution in [2.24, 2.45) is 0 Å². The van der Waals surface area contributed by atoms with Gasteiger partial charge in [0.15, 0.2) is 9.84 Å². The van der Waals surface area contributed by atoms with Crippen molar-refractivity contribution in [3.8, 4) is 0 Å². The molecule has 0 amide bonds. The van der Waals surface area contributed by atoms with Gasteiger partial charge >= 0.3 is 0 Å². The van der Waals surface area contributed by atoms with Crippen molar-refractivity contribution >= 4 is 37.4 Å². The van der Waals surface area contributed by atoms with Crippen molar-refractivity contribution in [1.82, 2.24) is 5.32 Å². The Hall–Kier alpha value is -0.170. The van der Waals surface area contributed by atoms with Crippen LogP contribution in [0.1, 0.15) is 18.5 Å². The lowest BCUT2D eigenvalue weighted by Gasteiger charge is -2.23. The van der Waals surface area contributed by atoms with E-state index >= 15 is 0 Å². The molecule has 2 atom stereocenters. The summed E-state index contributed by atoms with van der Waals surface area (Å²) >= 11 is 9.03. The molecule has 1 aromatic carbocycles. The SMILES string of the molecule is CNC(c1cc(Cl)c(Br)cc1F)C(C)S(C)(=O)=O. The van der Waals surface area contributed by atoms with Crippen LogP contribution in [0.5, 0.6) is 0 Å². The number of hydrogen-bond acceptors (Lipinski definition) is 3. The second-order valence-electron chi connectivity index (χ2n) is 4.09. The van der Waals surface area contributed by atoms with Crippen LogP contribution in [0.15, 0.2) is 16.6 Å². The van der Waals surface area contributed by atoms with E-state index < -0.39 is 26.9 Å². The van der Waals surface area contributed by atoms with Gasteiger partial charge in [0.1, 0.15) is 5.82 Å². The molecule has 1 aromatic rings. The van der Waals surface area contributed by atoms with E-state index in [1.165, 1.54) is 19.1 Å². The average molecular weight is 359 g/mol. The van der Waals surface area contributed by atoms with Gasteiger partial charge in [-0.3, -0.25) is 0 Å². The minimum atomic E-state index is -3.29. The molecule has 0 radical (unpaired) electrons. The van der Waals surface area contributed by atoms with E-state index in [2.05, 4.69) is 21.2 Å². The maximum Gasteiger partial charge on any atom is 0.151 e. The Morgan fingerprint density at radius 2 is 2.00 bits per heavy atom. The molecule has 102 valence electrons. The minimum absolute atomic E-state index is 0.239. The first kappa shape index (κ1) is 15.9. The zero-order valence-corrected chi connectivity index (χ0v) is 13.3. The van der Waals surface area contributed by atoms with E-state index in [0.29, 0.717) is 9.50 Å². The second kappa shape index (κ2) is 5.86. The van der Waals surface area contributed by atoms with Gasteiger partial charge in [0.2, 0.25) is 0 Å². The van der Waals surface area contributed by atoms with Gasteiger partial charge in [0.05, 0.1) is 16.3 Å². The van der Waals surface area contributed by atoms with Gasteiger partial charge < -0.3 is 5.32 Å². The third-order valence-electron chi connectivity index (χ3n) is 2.83. The van der Waals surface area contributed by atoms with Gasteiger partial charge in [-0.05, 0) is 42.0 Å². The number of hydrogen-bond donors (Lipinski definition) is 1. The van der Waals surface area contributed by atoms with E-state index in [-0.39, 0.29) is 5.56 Å². The first-order chi connectivity index (χ1) is 8.18. The number of nitrogens with one attached hydrogen (secondary N) is 1. The molecule has 1 N–H and O–H groups in total. The Kier molecular flexibility index (Phi) is 5.17. The summed E-state index contributed by atoms with van der Waals surface area (Å²) in [6.07, 6.45) is 1.13. The van der Waals surface area contributed by atoms with E-state index in [4.69, 9.17) is 11.6 Å². The molecular weight excluding hydrogens is 345 g/mol. The van der Waals surface area contributed by atoms with Crippen LogP contribution >= 0.6 is 27.5 Å². The summed E-state index contributed by atoms with van der Waals surface area (Å²) in [5.74, 6) is -0.499. The second-order valence-corrected chi connectivity index (χ2v) is 7.75. The number of halogens is 3. The topological polar surface area (TPSA) is 46.2 Å². The third kappa shape index (κ3) is 3.44. The molecule has 0 spiro atoms. The summed E-state index contributed by atoms with van der Waals surface area (Å²) < 4.78 is 37.5. The third-order valence-corrected chi connectivity index (χ3v) is 5.65. The van der Waals surface area contributed by atoms with Crippen LogP contribution < -0.4 is 5.32 Å². The minimum Gasteiger partial charge on any atom is -0.312 e. The molecule has 0 saturated carbocycles. The lowest BCUT2D eigenvalue weighted by molar-refractivity contribution is 0.508. The molecular formula is C11H14BrClFNO2S. The quantitative estimate of drug-likeness (QED) is 0.842. The zero-order chi connectivity index (χ0) is 14.1. The Labute approximate surface area is 120 Å². The smallest absolute Gasteiger partial charge is 0.151 e. The molecule has 2 unspecified atom stereocenters. The van der Waals surface area contributed by atoms with Crippen LogP contribution in [-0.4, -0.2) is 27.0 Å². The summed E-state index contributed by atoms with van der Waals surface area (Å²) in [7, 11) is -1.70. The molecule has 0 aliphatic rings. The van der Waals surface area contributed by atoms with Crippen molar-refractivity contribution in [1.29, 1.82) is 0 Å². The lowest BCUT2D eigenvalue weighted by atomic mass is 10.0. The highest BCUT2D eigenvalue weighted by atomic mass is 79.9. The van der Waals surface area contributed by atoms with Gasteiger partial charge in [-0.2, -0.15) is 0 Å². The van der Waals surface area contributed by atoms with Gasteiger partial charge in [-0.1, -0.05) is 11.6 Å². The summed E-state index contributed by atoms with van der Waals surface area (Å²) in [4.78, 5) is 0. The van der Waals surface area contributed by atoms with E-state index in [1.54, 1.807) is 7.05 Å². The van der Waals surface area contributed by atoms with E-state index in [0.717, 1.165) is 6.26 Å². The first-order valence-electron chi connectivity index (χ1n) is 5.19. The van der Waals surface area contributed by atoms with Crippen LogP contribution in [0.2, 0.25) is 5.02 Å². The zero-order valence-electron chi connectivity index (χ0n) is 10.2. The maximum absolute atomic E-state index is 13.9. The highest BCUT2D eigenvalue weighted by Crippen LogP contribution is 2.31.